The van der Waals surface area contributed by atoms with Crippen LogP contribution in [-0.4, -0.2) is 23.6 Å². The molecule has 0 atom stereocenters. The molecule has 1 N–H and O–H groups in total. The average molecular weight is 298 g/mol. The van der Waals surface area contributed by atoms with Crippen molar-refractivity contribution in [1.82, 2.24) is 9.97 Å². The number of hydrogen-bond donors (Lipinski definition) is 1. The molecule has 1 aromatic carbocycles. The Kier molecular flexibility index (Phi) is 5.36. The van der Waals surface area contributed by atoms with Crippen LogP contribution < -0.4 is 10.2 Å². The van der Waals surface area contributed by atoms with E-state index in [4.69, 9.17) is 0 Å². The maximum atomic E-state index is 4.53. The topological polar surface area (TPSA) is 41.0 Å². The molecule has 118 valence electrons. The predicted octanol–water partition coefficient (Wildman–Crippen LogP) is 4.38. The molecule has 0 aliphatic heterocycles. The van der Waals surface area contributed by atoms with E-state index < -0.39 is 0 Å². The summed E-state index contributed by atoms with van der Waals surface area (Å²) in [6, 6.07) is 8.37. The molecule has 0 radical (unpaired) electrons. The van der Waals surface area contributed by atoms with Gasteiger partial charge in [0, 0.05) is 25.3 Å². The number of unbranched alkanes of at least 4 members (excludes halogenated alkanes) is 1. The fraction of sp³-hybridized carbons (Fsp3) is 0.444. The number of nitrogens with one attached hydrogen (secondary N) is 1. The van der Waals surface area contributed by atoms with Gasteiger partial charge in [0.1, 0.15) is 17.5 Å². The first kappa shape index (κ1) is 16.3. The van der Waals surface area contributed by atoms with Crippen molar-refractivity contribution < 1.29 is 0 Å². The van der Waals surface area contributed by atoms with E-state index in [9.17, 15) is 0 Å². The number of aromatic nitrogens is 2. The molecular formula is C18H26N4. The zero-order chi connectivity index (χ0) is 16.1. The average Bonchev–Trinajstić information content (AvgIpc) is 2.48. The third-order valence-electron chi connectivity index (χ3n) is 3.84. The molecule has 0 bridgehead atoms. The molecule has 0 aliphatic rings. The molecule has 2 aromatic rings. The van der Waals surface area contributed by atoms with Crippen LogP contribution in [0.5, 0.6) is 0 Å². The Morgan fingerprint density at radius 3 is 2.50 bits per heavy atom. The standard InChI is InChI=1S/C18H26N4/c1-6-7-10-22(5)18-12-17(19-15(4)20-18)21-16-9-8-13(2)14(3)11-16/h8-9,11-12H,6-7,10H2,1-5H3,(H,19,20,21). The first-order valence-corrected chi connectivity index (χ1v) is 7.90. The monoisotopic (exact) mass is 298 g/mol. The lowest BCUT2D eigenvalue weighted by molar-refractivity contribution is 0.756. The molecule has 0 spiro atoms. The minimum absolute atomic E-state index is 0.784. The highest BCUT2D eigenvalue weighted by molar-refractivity contribution is 5.60. The highest BCUT2D eigenvalue weighted by Crippen LogP contribution is 2.21. The van der Waals surface area contributed by atoms with E-state index in [1.54, 1.807) is 0 Å². The Hall–Kier alpha value is -2.10. The molecule has 1 heterocycles. The quantitative estimate of drug-likeness (QED) is 0.859. The molecule has 0 unspecified atom stereocenters. The third kappa shape index (κ3) is 4.20. The van der Waals surface area contributed by atoms with E-state index >= 15 is 0 Å². The van der Waals surface area contributed by atoms with Crippen LogP contribution in [0.15, 0.2) is 24.3 Å². The number of benzene rings is 1. The fourth-order valence-corrected chi connectivity index (χ4v) is 2.29. The number of nitrogens with zero attached hydrogens (tertiary/aromatic N) is 3. The Morgan fingerprint density at radius 1 is 1.05 bits per heavy atom. The second kappa shape index (κ2) is 7.25. The van der Waals surface area contributed by atoms with Crippen molar-refractivity contribution >= 4 is 17.3 Å². The molecule has 0 aliphatic carbocycles. The van der Waals surface area contributed by atoms with Crippen LogP contribution in [0.1, 0.15) is 36.7 Å². The first-order valence-electron chi connectivity index (χ1n) is 7.90. The molecule has 0 fully saturated rings. The lowest BCUT2D eigenvalue weighted by Crippen LogP contribution is -2.20. The highest BCUT2D eigenvalue weighted by Gasteiger charge is 2.07. The summed E-state index contributed by atoms with van der Waals surface area (Å²) in [7, 11) is 2.08. The van der Waals surface area contributed by atoms with Gasteiger partial charge in [-0.1, -0.05) is 19.4 Å². The molecule has 2 rings (SSSR count). The maximum Gasteiger partial charge on any atom is 0.136 e. The van der Waals surface area contributed by atoms with E-state index in [-0.39, 0.29) is 0 Å². The van der Waals surface area contributed by atoms with Crippen molar-refractivity contribution in [3.8, 4) is 0 Å². The van der Waals surface area contributed by atoms with Crippen LogP contribution in [0.4, 0.5) is 17.3 Å². The van der Waals surface area contributed by atoms with Gasteiger partial charge in [0.05, 0.1) is 0 Å². The SMILES string of the molecule is CCCCN(C)c1cc(Nc2ccc(C)c(C)c2)nc(C)n1. The number of hydrogen-bond acceptors (Lipinski definition) is 4. The summed E-state index contributed by atoms with van der Waals surface area (Å²) in [5.41, 5.74) is 3.63. The first-order chi connectivity index (χ1) is 10.5. The summed E-state index contributed by atoms with van der Waals surface area (Å²) in [6.07, 6.45) is 2.35. The zero-order valence-electron chi connectivity index (χ0n) is 14.3. The summed E-state index contributed by atoms with van der Waals surface area (Å²) in [4.78, 5) is 11.2. The van der Waals surface area contributed by atoms with E-state index in [1.807, 2.05) is 13.0 Å². The number of aryl methyl sites for hydroxylation is 3. The fourth-order valence-electron chi connectivity index (χ4n) is 2.29. The molecule has 4 nitrogen and oxygen atoms in total. The number of anilines is 3. The minimum atomic E-state index is 0.784. The molecule has 0 saturated heterocycles. The molecular weight excluding hydrogens is 272 g/mol. The van der Waals surface area contributed by atoms with Crippen molar-refractivity contribution in [2.24, 2.45) is 0 Å². The van der Waals surface area contributed by atoms with Gasteiger partial charge < -0.3 is 10.2 Å². The van der Waals surface area contributed by atoms with Crippen molar-refractivity contribution in [3.05, 3.63) is 41.2 Å². The second-order valence-corrected chi connectivity index (χ2v) is 5.86. The Labute approximate surface area is 133 Å². The summed E-state index contributed by atoms with van der Waals surface area (Å²) >= 11 is 0. The van der Waals surface area contributed by atoms with Crippen molar-refractivity contribution in [3.63, 3.8) is 0 Å². The van der Waals surface area contributed by atoms with Crippen molar-refractivity contribution in [2.45, 2.75) is 40.5 Å². The Morgan fingerprint density at radius 2 is 1.82 bits per heavy atom. The summed E-state index contributed by atoms with van der Waals surface area (Å²) in [5.74, 6) is 2.59. The van der Waals surface area contributed by atoms with Gasteiger partial charge in [-0.2, -0.15) is 0 Å². The third-order valence-corrected chi connectivity index (χ3v) is 3.84. The summed E-state index contributed by atoms with van der Waals surface area (Å²) in [6.45, 7) is 9.38. The highest BCUT2D eigenvalue weighted by atomic mass is 15.2. The molecule has 0 saturated carbocycles. The van der Waals surface area contributed by atoms with Gasteiger partial charge in [0.25, 0.3) is 0 Å². The van der Waals surface area contributed by atoms with Gasteiger partial charge in [-0.05, 0) is 50.5 Å². The summed E-state index contributed by atoms with van der Waals surface area (Å²) < 4.78 is 0. The van der Waals surface area contributed by atoms with E-state index in [0.29, 0.717) is 0 Å². The van der Waals surface area contributed by atoms with Crippen LogP contribution in [0, 0.1) is 20.8 Å². The van der Waals surface area contributed by atoms with Gasteiger partial charge in [0.2, 0.25) is 0 Å². The zero-order valence-corrected chi connectivity index (χ0v) is 14.3. The lowest BCUT2D eigenvalue weighted by atomic mass is 10.1. The number of rotatable bonds is 6. The van der Waals surface area contributed by atoms with Crippen LogP contribution >= 0.6 is 0 Å². The van der Waals surface area contributed by atoms with Gasteiger partial charge >= 0.3 is 0 Å². The van der Waals surface area contributed by atoms with Crippen LogP contribution in [0.3, 0.4) is 0 Å². The Balaban J connectivity index is 2.20. The predicted molar refractivity (Wildman–Crippen MR) is 94.1 cm³/mol. The molecule has 22 heavy (non-hydrogen) atoms. The van der Waals surface area contributed by atoms with E-state index in [1.165, 1.54) is 24.0 Å². The maximum absolute atomic E-state index is 4.53. The normalized spacial score (nSPS) is 10.6. The van der Waals surface area contributed by atoms with Gasteiger partial charge in [-0.15, -0.1) is 0 Å². The van der Waals surface area contributed by atoms with Crippen molar-refractivity contribution in [2.75, 3.05) is 23.8 Å². The molecule has 4 heteroatoms. The van der Waals surface area contributed by atoms with E-state index in [2.05, 4.69) is 66.2 Å². The van der Waals surface area contributed by atoms with Crippen LogP contribution in [0.25, 0.3) is 0 Å². The van der Waals surface area contributed by atoms with Gasteiger partial charge in [0.15, 0.2) is 0 Å². The van der Waals surface area contributed by atoms with Crippen molar-refractivity contribution in [1.29, 1.82) is 0 Å². The van der Waals surface area contributed by atoms with E-state index in [0.717, 1.165) is 29.7 Å². The minimum Gasteiger partial charge on any atom is -0.360 e. The Bertz CT molecular complexity index is 637. The molecule has 1 aromatic heterocycles. The second-order valence-electron chi connectivity index (χ2n) is 5.86. The van der Waals surface area contributed by atoms with Crippen LogP contribution in [-0.2, 0) is 0 Å². The largest absolute Gasteiger partial charge is 0.360 e. The molecule has 0 amide bonds. The van der Waals surface area contributed by atoms with Crippen LogP contribution in [0.2, 0.25) is 0 Å². The van der Waals surface area contributed by atoms with Gasteiger partial charge in [-0.25, -0.2) is 9.97 Å². The smallest absolute Gasteiger partial charge is 0.136 e. The lowest BCUT2D eigenvalue weighted by Gasteiger charge is -2.19. The summed E-state index contributed by atoms with van der Waals surface area (Å²) in [5, 5.41) is 3.39. The van der Waals surface area contributed by atoms with Gasteiger partial charge in [-0.3, -0.25) is 0 Å².